The van der Waals surface area contributed by atoms with Crippen molar-refractivity contribution in [1.82, 2.24) is 14.9 Å². The first-order valence-electron chi connectivity index (χ1n) is 8.10. The standard InChI is InChI=1S/C19H23N3O2/c1-4-10-24-17-9-7-8-15(11-17)14-22(6-3)19(23)16-12-20-18(5-2)21-13-16/h4,7-9,11-13H,1,5-6,10,14H2,2-3H3. The van der Waals surface area contributed by atoms with E-state index in [1.54, 1.807) is 23.4 Å². The number of nitrogens with zero attached hydrogens (tertiary/aromatic N) is 3. The van der Waals surface area contributed by atoms with Crippen molar-refractivity contribution in [3.05, 3.63) is 66.3 Å². The van der Waals surface area contributed by atoms with Crippen LogP contribution in [0.4, 0.5) is 0 Å². The van der Waals surface area contributed by atoms with Gasteiger partial charge in [-0.25, -0.2) is 9.97 Å². The third-order valence-electron chi connectivity index (χ3n) is 3.58. The van der Waals surface area contributed by atoms with Gasteiger partial charge in [0, 0.05) is 31.9 Å². The Kier molecular flexibility index (Phi) is 6.49. The molecule has 0 atom stereocenters. The number of carbonyl (C=O) groups excluding carboxylic acids is 1. The van der Waals surface area contributed by atoms with Crippen molar-refractivity contribution >= 4 is 5.91 Å². The monoisotopic (exact) mass is 325 g/mol. The molecule has 0 aliphatic carbocycles. The van der Waals surface area contributed by atoms with E-state index in [0.29, 0.717) is 25.3 Å². The van der Waals surface area contributed by atoms with Gasteiger partial charge >= 0.3 is 0 Å². The highest BCUT2D eigenvalue weighted by Crippen LogP contribution is 2.16. The Morgan fingerprint density at radius 1 is 1.29 bits per heavy atom. The van der Waals surface area contributed by atoms with Crippen LogP contribution < -0.4 is 4.74 Å². The molecule has 1 aromatic carbocycles. The van der Waals surface area contributed by atoms with Crippen LogP contribution in [0.3, 0.4) is 0 Å². The van der Waals surface area contributed by atoms with E-state index in [2.05, 4.69) is 16.5 Å². The van der Waals surface area contributed by atoms with Crippen molar-refractivity contribution < 1.29 is 9.53 Å². The van der Waals surface area contributed by atoms with Gasteiger partial charge in [-0.3, -0.25) is 4.79 Å². The van der Waals surface area contributed by atoms with Gasteiger partial charge < -0.3 is 9.64 Å². The number of rotatable bonds is 8. The van der Waals surface area contributed by atoms with Gasteiger partial charge in [0.05, 0.1) is 5.56 Å². The molecule has 0 saturated carbocycles. The third kappa shape index (κ3) is 4.65. The van der Waals surface area contributed by atoms with Gasteiger partial charge in [0.1, 0.15) is 18.2 Å². The molecular weight excluding hydrogens is 302 g/mol. The van der Waals surface area contributed by atoms with E-state index >= 15 is 0 Å². The Morgan fingerprint density at radius 2 is 2.04 bits per heavy atom. The van der Waals surface area contributed by atoms with Crippen LogP contribution >= 0.6 is 0 Å². The van der Waals surface area contributed by atoms with Gasteiger partial charge in [-0.1, -0.05) is 31.7 Å². The van der Waals surface area contributed by atoms with Crippen LogP contribution in [0.5, 0.6) is 5.75 Å². The maximum Gasteiger partial charge on any atom is 0.257 e. The number of ether oxygens (including phenoxy) is 1. The Hall–Kier alpha value is -2.69. The molecule has 1 amide bonds. The number of carbonyl (C=O) groups is 1. The lowest BCUT2D eigenvalue weighted by Crippen LogP contribution is -2.30. The van der Waals surface area contributed by atoms with Crippen LogP contribution in [-0.2, 0) is 13.0 Å². The van der Waals surface area contributed by atoms with E-state index in [0.717, 1.165) is 23.6 Å². The first-order valence-corrected chi connectivity index (χ1v) is 8.10. The second-order valence-electron chi connectivity index (χ2n) is 5.31. The maximum atomic E-state index is 12.6. The Bertz CT molecular complexity index is 683. The van der Waals surface area contributed by atoms with Gasteiger partial charge in [0.15, 0.2) is 0 Å². The Balaban J connectivity index is 2.10. The van der Waals surface area contributed by atoms with Crippen molar-refractivity contribution in [3.8, 4) is 5.75 Å². The van der Waals surface area contributed by atoms with Crippen molar-refractivity contribution in [2.24, 2.45) is 0 Å². The van der Waals surface area contributed by atoms with Crippen molar-refractivity contribution in [3.63, 3.8) is 0 Å². The molecule has 1 aromatic heterocycles. The topological polar surface area (TPSA) is 55.3 Å². The summed E-state index contributed by atoms with van der Waals surface area (Å²) in [5.74, 6) is 1.44. The summed E-state index contributed by atoms with van der Waals surface area (Å²) < 4.78 is 5.54. The molecule has 126 valence electrons. The molecule has 0 bridgehead atoms. The van der Waals surface area contributed by atoms with Crippen LogP contribution in [0, 0.1) is 0 Å². The zero-order valence-electron chi connectivity index (χ0n) is 14.2. The first kappa shape index (κ1) is 17.7. The molecule has 24 heavy (non-hydrogen) atoms. The molecule has 2 aromatic rings. The fourth-order valence-electron chi connectivity index (χ4n) is 2.27. The minimum atomic E-state index is -0.0717. The molecule has 0 unspecified atom stereocenters. The molecule has 0 saturated heterocycles. The fourth-order valence-corrected chi connectivity index (χ4v) is 2.27. The summed E-state index contributed by atoms with van der Waals surface area (Å²) in [6.45, 7) is 9.15. The van der Waals surface area contributed by atoms with Crippen molar-refractivity contribution in [1.29, 1.82) is 0 Å². The SMILES string of the molecule is C=CCOc1cccc(CN(CC)C(=O)c2cnc(CC)nc2)c1. The highest BCUT2D eigenvalue weighted by molar-refractivity contribution is 5.93. The van der Waals surface area contributed by atoms with Gasteiger partial charge in [0.2, 0.25) is 0 Å². The molecule has 0 aliphatic heterocycles. The number of aromatic nitrogens is 2. The second kappa shape index (κ2) is 8.82. The third-order valence-corrected chi connectivity index (χ3v) is 3.58. The minimum absolute atomic E-state index is 0.0717. The molecule has 0 spiro atoms. The highest BCUT2D eigenvalue weighted by Gasteiger charge is 2.15. The molecule has 5 nitrogen and oxygen atoms in total. The quantitative estimate of drug-likeness (QED) is 0.699. The lowest BCUT2D eigenvalue weighted by molar-refractivity contribution is 0.0751. The molecule has 2 rings (SSSR count). The van der Waals surface area contributed by atoms with Crippen LogP contribution in [0.15, 0.2) is 49.3 Å². The zero-order chi connectivity index (χ0) is 17.4. The first-order chi connectivity index (χ1) is 11.7. The fraction of sp³-hybridized carbons (Fsp3) is 0.316. The molecular formula is C19H23N3O2. The summed E-state index contributed by atoms with van der Waals surface area (Å²) in [6, 6.07) is 7.73. The van der Waals surface area contributed by atoms with Crippen LogP contribution in [-0.4, -0.2) is 33.9 Å². The molecule has 0 N–H and O–H groups in total. The summed E-state index contributed by atoms with van der Waals surface area (Å²) in [7, 11) is 0. The molecule has 1 heterocycles. The normalized spacial score (nSPS) is 10.2. The average Bonchev–Trinajstić information content (AvgIpc) is 2.64. The van der Waals surface area contributed by atoms with Crippen LogP contribution in [0.25, 0.3) is 0 Å². The Labute approximate surface area is 143 Å². The van der Waals surface area contributed by atoms with Gasteiger partial charge in [-0.15, -0.1) is 0 Å². The summed E-state index contributed by atoms with van der Waals surface area (Å²) in [5.41, 5.74) is 1.52. The van der Waals surface area contributed by atoms with Gasteiger partial charge in [-0.2, -0.15) is 0 Å². The van der Waals surface area contributed by atoms with Gasteiger partial charge in [0.25, 0.3) is 5.91 Å². The largest absolute Gasteiger partial charge is 0.490 e. The molecule has 0 fully saturated rings. The maximum absolute atomic E-state index is 12.6. The number of amides is 1. The smallest absolute Gasteiger partial charge is 0.257 e. The lowest BCUT2D eigenvalue weighted by Gasteiger charge is -2.21. The van der Waals surface area contributed by atoms with Crippen molar-refractivity contribution in [2.45, 2.75) is 26.8 Å². The van der Waals surface area contributed by atoms with E-state index in [1.165, 1.54) is 0 Å². The van der Waals surface area contributed by atoms with E-state index in [4.69, 9.17) is 4.74 Å². The number of hydrogen-bond donors (Lipinski definition) is 0. The van der Waals surface area contributed by atoms with E-state index in [-0.39, 0.29) is 5.91 Å². The van der Waals surface area contributed by atoms with E-state index in [9.17, 15) is 4.79 Å². The molecule has 5 heteroatoms. The lowest BCUT2D eigenvalue weighted by atomic mass is 10.2. The Morgan fingerprint density at radius 3 is 2.67 bits per heavy atom. The number of benzene rings is 1. The molecule has 0 aliphatic rings. The minimum Gasteiger partial charge on any atom is -0.490 e. The predicted octanol–water partition coefficient (Wildman–Crippen LogP) is 3.27. The van der Waals surface area contributed by atoms with Crippen LogP contribution in [0.2, 0.25) is 0 Å². The zero-order valence-corrected chi connectivity index (χ0v) is 14.2. The van der Waals surface area contributed by atoms with Gasteiger partial charge in [-0.05, 0) is 24.6 Å². The summed E-state index contributed by atoms with van der Waals surface area (Å²) in [6.07, 6.45) is 5.65. The van der Waals surface area contributed by atoms with Crippen LogP contribution in [0.1, 0.15) is 35.6 Å². The summed E-state index contributed by atoms with van der Waals surface area (Å²) in [4.78, 5) is 22.8. The van der Waals surface area contributed by atoms with Crippen molar-refractivity contribution in [2.75, 3.05) is 13.2 Å². The highest BCUT2D eigenvalue weighted by atomic mass is 16.5. The number of aryl methyl sites for hydroxylation is 1. The molecule has 0 radical (unpaired) electrons. The summed E-state index contributed by atoms with van der Waals surface area (Å²) in [5, 5.41) is 0. The number of hydrogen-bond acceptors (Lipinski definition) is 4. The second-order valence-corrected chi connectivity index (χ2v) is 5.31. The van der Waals surface area contributed by atoms with E-state index in [1.807, 2.05) is 38.1 Å². The summed E-state index contributed by atoms with van der Waals surface area (Å²) >= 11 is 0. The average molecular weight is 325 g/mol. The van der Waals surface area contributed by atoms with E-state index < -0.39 is 0 Å². The predicted molar refractivity (Wildman–Crippen MR) is 94.0 cm³/mol.